The third kappa shape index (κ3) is 4.31. The van der Waals surface area contributed by atoms with E-state index in [4.69, 9.17) is 16.3 Å². The van der Waals surface area contributed by atoms with Crippen LogP contribution in [0.5, 0.6) is 5.75 Å². The van der Waals surface area contributed by atoms with E-state index in [1.165, 1.54) is 7.05 Å². The number of ether oxygens (including phenoxy) is 1. The molecule has 0 unspecified atom stereocenters. The number of esters is 1. The molecule has 0 aromatic heterocycles. The van der Waals surface area contributed by atoms with Crippen LogP contribution in [0.2, 0.25) is 5.02 Å². The van der Waals surface area contributed by atoms with Gasteiger partial charge in [0.25, 0.3) is 0 Å². The summed E-state index contributed by atoms with van der Waals surface area (Å²) < 4.78 is 43.5. The van der Waals surface area contributed by atoms with Crippen molar-refractivity contribution < 1.29 is 22.3 Å². The van der Waals surface area contributed by atoms with Crippen LogP contribution in [0.3, 0.4) is 0 Å². The van der Waals surface area contributed by atoms with Gasteiger partial charge in [0.1, 0.15) is 18.1 Å². The smallest absolute Gasteiger partial charge is 0.326 e. The van der Waals surface area contributed by atoms with E-state index >= 15 is 0 Å². The number of hydrogen-bond acceptors (Lipinski definition) is 4. The zero-order valence-electron chi connectivity index (χ0n) is 13.0. The second kappa shape index (κ2) is 7.29. The Morgan fingerprint density at radius 1 is 1.21 bits per heavy atom. The van der Waals surface area contributed by atoms with Gasteiger partial charge in [0.2, 0.25) is 10.0 Å². The summed E-state index contributed by atoms with van der Waals surface area (Å²) in [5, 5.41) is 0.248. The first-order valence-corrected chi connectivity index (χ1v) is 8.70. The highest BCUT2D eigenvalue weighted by Crippen LogP contribution is 2.25. The quantitative estimate of drug-likeness (QED) is 0.598. The van der Waals surface area contributed by atoms with E-state index in [9.17, 15) is 17.6 Å². The van der Waals surface area contributed by atoms with Crippen LogP contribution in [-0.4, -0.2) is 32.3 Å². The number of aryl methyl sites for hydroxylation is 1. The molecule has 0 atom stereocenters. The molecule has 0 spiro atoms. The summed E-state index contributed by atoms with van der Waals surface area (Å²) in [4.78, 5) is 11.9. The van der Waals surface area contributed by atoms with Crippen LogP contribution < -0.4 is 4.74 Å². The number of likely N-dealkylation sites (N-methyl/N-ethyl adjacent to an activating group) is 1. The fourth-order valence-electron chi connectivity index (χ4n) is 1.90. The van der Waals surface area contributed by atoms with Crippen molar-refractivity contribution >= 4 is 27.6 Å². The van der Waals surface area contributed by atoms with E-state index in [1.807, 2.05) is 0 Å². The average molecular weight is 372 g/mol. The normalized spacial score (nSPS) is 11.5. The zero-order chi connectivity index (χ0) is 17.9. The molecule has 0 fully saturated rings. The summed E-state index contributed by atoms with van der Waals surface area (Å²) >= 11 is 5.93. The maximum Gasteiger partial charge on any atom is 0.326 e. The van der Waals surface area contributed by atoms with Crippen LogP contribution in [0, 0.1) is 12.7 Å². The lowest BCUT2D eigenvalue weighted by Crippen LogP contribution is -2.34. The molecule has 0 bridgehead atoms. The van der Waals surface area contributed by atoms with Crippen molar-refractivity contribution in [1.82, 2.24) is 4.31 Å². The first-order chi connectivity index (χ1) is 11.2. The molecule has 5 nitrogen and oxygen atoms in total. The molecule has 0 N–H and O–H groups in total. The van der Waals surface area contributed by atoms with E-state index in [0.717, 1.165) is 34.1 Å². The third-order valence-corrected chi connectivity index (χ3v) is 5.31. The molecule has 2 aromatic rings. The Hall–Kier alpha value is -1.96. The van der Waals surface area contributed by atoms with E-state index in [-0.39, 0.29) is 15.7 Å². The van der Waals surface area contributed by atoms with Gasteiger partial charge in [-0.1, -0.05) is 17.7 Å². The number of halogens is 2. The third-order valence-electron chi connectivity index (χ3n) is 3.18. The van der Waals surface area contributed by atoms with Crippen LogP contribution in [-0.2, 0) is 14.8 Å². The largest absolute Gasteiger partial charge is 0.424 e. The second-order valence-corrected chi connectivity index (χ2v) is 7.58. The monoisotopic (exact) mass is 371 g/mol. The number of hydrogen-bond donors (Lipinski definition) is 0. The van der Waals surface area contributed by atoms with Crippen molar-refractivity contribution in [1.29, 1.82) is 0 Å². The van der Waals surface area contributed by atoms with E-state index in [2.05, 4.69) is 0 Å². The second-order valence-electron chi connectivity index (χ2n) is 5.12. The van der Waals surface area contributed by atoms with Gasteiger partial charge in [0.15, 0.2) is 0 Å². The van der Waals surface area contributed by atoms with E-state index in [1.54, 1.807) is 25.1 Å². The number of carbonyl (C=O) groups excluding carboxylic acids is 1. The van der Waals surface area contributed by atoms with Gasteiger partial charge in [0.05, 0.1) is 9.92 Å². The van der Waals surface area contributed by atoms with Crippen LogP contribution >= 0.6 is 11.6 Å². The molecule has 2 aromatic carbocycles. The highest BCUT2D eigenvalue weighted by atomic mass is 35.5. The molecule has 8 heteroatoms. The summed E-state index contributed by atoms with van der Waals surface area (Å²) in [7, 11) is -2.69. The number of carbonyl (C=O) groups is 1. The Kier molecular flexibility index (Phi) is 5.58. The van der Waals surface area contributed by atoms with Gasteiger partial charge in [-0.15, -0.1) is 0 Å². The highest BCUT2D eigenvalue weighted by molar-refractivity contribution is 7.89. The van der Waals surface area contributed by atoms with Gasteiger partial charge < -0.3 is 4.74 Å². The number of rotatable bonds is 5. The highest BCUT2D eigenvalue weighted by Gasteiger charge is 2.24. The Balaban J connectivity index is 2.10. The van der Waals surface area contributed by atoms with Crippen molar-refractivity contribution in [3.05, 3.63) is 58.9 Å². The standard InChI is InChI=1S/C16H15ClFNO4S/c1-11-3-8-14(17)15(9-11)23-16(20)10-19(2)24(21,22)13-6-4-12(18)5-7-13/h3-9H,10H2,1-2H3. The summed E-state index contributed by atoms with van der Waals surface area (Å²) in [6, 6.07) is 9.24. The lowest BCUT2D eigenvalue weighted by molar-refractivity contribution is -0.134. The maximum atomic E-state index is 12.9. The topological polar surface area (TPSA) is 63.7 Å². The predicted octanol–water partition coefficient (Wildman–Crippen LogP) is 3.01. The van der Waals surface area contributed by atoms with Crippen LogP contribution in [0.1, 0.15) is 5.56 Å². The molecular weight excluding hydrogens is 357 g/mol. The SMILES string of the molecule is Cc1ccc(Cl)c(OC(=O)CN(C)S(=O)(=O)c2ccc(F)cc2)c1. The average Bonchev–Trinajstić information content (AvgIpc) is 2.51. The predicted molar refractivity (Wildman–Crippen MR) is 88.0 cm³/mol. The van der Waals surface area contributed by atoms with Crippen LogP contribution in [0.25, 0.3) is 0 Å². The lowest BCUT2D eigenvalue weighted by atomic mass is 10.2. The molecule has 0 aliphatic rings. The van der Waals surface area contributed by atoms with Crippen molar-refractivity contribution in [2.75, 3.05) is 13.6 Å². The van der Waals surface area contributed by atoms with Crippen molar-refractivity contribution in [2.45, 2.75) is 11.8 Å². The molecule has 0 saturated carbocycles. The Morgan fingerprint density at radius 3 is 2.46 bits per heavy atom. The zero-order valence-corrected chi connectivity index (χ0v) is 14.6. The van der Waals surface area contributed by atoms with Gasteiger partial charge in [-0.2, -0.15) is 4.31 Å². The minimum atomic E-state index is -3.93. The van der Waals surface area contributed by atoms with Crippen molar-refractivity contribution in [2.24, 2.45) is 0 Å². The molecule has 0 heterocycles. The van der Waals surface area contributed by atoms with E-state index < -0.39 is 28.4 Å². The molecule has 24 heavy (non-hydrogen) atoms. The molecule has 0 aliphatic carbocycles. The summed E-state index contributed by atoms with van der Waals surface area (Å²) in [6.07, 6.45) is 0. The lowest BCUT2D eigenvalue weighted by Gasteiger charge is -2.16. The fourth-order valence-corrected chi connectivity index (χ4v) is 3.17. The molecule has 2 rings (SSSR count). The molecule has 0 aliphatic heterocycles. The molecular formula is C16H15ClFNO4S. The summed E-state index contributed by atoms with van der Waals surface area (Å²) in [6.45, 7) is 1.29. The minimum absolute atomic E-state index is 0.118. The number of sulfonamides is 1. The first-order valence-electron chi connectivity index (χ1n) is 6.89. The van der Waals surface area contributed by atoms with Gasteiger partial charge in [-0.3, -0.25) is 4.79 Å². The molecule has 0 saturated heterocycles. The fraction of sp³-hybridized carbons (Fsp3) is 0.188. The molecule has 0 radical (unpaired) electrons. The van der Waals surface area contributed by atoms with Gasteiger partial charge in [0, 0.05) is 7.05 Å². The Bertz CT molecular complexity index is 853. The Morgan fingerprint density at radius 2 is 1.83 bits per heavy atom. The van der Waals surface area contributed by atoms with Crippen molar-refractivity contribution in [3.8, 4) is 5.75 Å². The van der Waals surface area contributed by atoms with Gasteiger partial charge >= 0.3 is 5.97 Å². The minimum Gasteiger partial charge on any atom is -0.424 e. The molecule has 0 amide bonds. The number of benzene rings is 2. The van der Waals surface area contributed by atoms with Crippen molar-refractivity contribution in [3.63, 3.8) is 0 Å². The van der Waals surface area contributed by atoms with Crippen LogP contribution in [0.4, 0.5) is 4.39 Å². The van der Waals surface area contributed by atoms with E-state index in [0.29, 0.717) is 0 Å². The first kappa shape index (κ1) is 18.4. The summed E-state index contributed by atoms with van der Waals surface area (Å²) in [5.41, 5.74) is 0.842. The van der Waals surface area contributed by atoms with Gasteiger partial charge in [-0.05, 0) is 48.9 Å². The van der Waals surface area contributed by atoms with Crippen LogP contribution in [0.15, 0.2) is 47.4 Å². The number of nitrogens with zero attached hydrogens (tertiary/aromatic N) is 1. The summed E-state index contributed by atoms with van der Waals surface area (Å²) in [5.74, 6) is -1.17. The molecule has 128 valence electrons. The van der Waals surface area contributed by atoms with Gasteiger partial charge in [-0.25, -0.2) is 12.8 Å². The maximum absolute atomic E-state index is 12.9. The Labute approximate surface area is 144 Å².